The molecule has 108 valence electrons. The summed E-state index contributed by atoms with van der Waals surface area (Å²) in [6.45, 7) is 0. The topological polar surface area (TPSA) is 81.3 Å². The van der Waals surface area contributed by atoms with Crippen LogP contribution in [0.4, 0.5) is 8.78 Å². The molecule has 2 N–H and O–H groups in total. The first-order chi connectivity index (χ1) is 9.77. The van der Waals surface area contributed by atoms with Crippen LogP contribution in [0.5, 0.6) is 0 Å². The van der Waals surface area contributed by atoms with Crippen LogP contribution in [-0.4, -0.2) is 9.79 Å². The van der Waals surface area contributed by atoms with Crippen molar-refractivity contribution in [1.29, 1.82) is 5.26 Å². The Morgan fingerprint density at radius 2 is 1.62 bits per heavy atom. The maximum atomic E-state index is 13.5. The standard InChI is InChI=1S/C14H10F2NO3P/c15-14(16,21(18,19)20)12-7-5-10(6-8-12)13-4-2-1-3-11(13)9-17/h1-8H,(H2,18,19,20). The van der Waals surface area contributed by atoms with Crippen molar-refractivity contribution in [3.63, 3.8) is 0 Å². The number of alkyl halides is 2. The Kier molecular flexibility index (Phi) is 3.93. The molecule has 0 unspecified atom stereocenters. The van der Waals surface area contributed by atoms with Gasteiger partial charge < -0.3 is 9.79 Å². The van der Waals surface area contributed by atoms with Gasteiger partial charge in [0.25, 0.3) is 0 Å². The summed E-state index contributed by atoms with van der Waals surface area (Å²) in [5.74, 6) is 0. The number of nitrogens with zero attached hydrogens (tertiary/aromatic N) is 1. The number of benzene rings is 2. The Morgan fingerprint density at radius 3 is 2.14 bits per heavy atom. The first-order valence-electron chi connectivity index (χ1n) is 5.81. The highest BCUT2D eigenvalue weighted by Crippen LogP contribution is 2.59. The molecule has 0 aliphatic heterocycles. The maximum absolute atomic E-state index is 13.5. The van der Waals surface area contributed by atoms with E-state index in [1.54, 1.807) is 24.3 Å². The molecule has 21 heavy (non-hydrogen) atoms. The third-order valence-corrected chi connectivity index (χ3v) is 3.95. The van der Waals surface area contributed by atoms with Crippen LogP contribution in [-0.2, 0) is 10.2 Å². The minimum atomic E-state index is -5.58. The van der Waals surface area contributed by atoms with Crippen LogP contribution in [0.1, 0.15) is 11.1 Å². The van der Waals surface area contributed by atoms with Crippen LogP contribution in [0, 0.1) is 11.3 Å². The van der Waals surface area contributed by atoms with E-state index in [0.29, 0.717) is 16.7 Å². The van der Waals surface area contributed by atoms with E-state index >= 15 is 0 Å². The highest BCUT2D eigenvalue weighted by atomic mass is 31.2. The van der Waals surface area contributed by atoms with Crippen molar-refractivity contribution >= 4 is 7.60 Å². The zero-order chi connectivity index (χ0) is 15.7. The summed E-state index contributed by atoms with van der Waals surface area (Å²) in [6, 6.07) is 13.1. The number of hydrogen-bond donors (Lipinski definition) is 2. The lowest BCUT2D eigenvalue weighted by molar-refractivity contribution is 0.0564. The Balaban J connectivity index is 2.46. The first-order valence-corrected chi connectivity index (χ1v) is 7.42. The van der Waals surface area contributed by atoms with Gasteiger partial charge in [-0.25, -0.2) is 0 Å². The molecule has 2 aromatic carbocycles. The second-order valence-corrected chi connectivity index (χ2v) is 5.97. The Labute approximate surface area is 119 Å². The molecule has 0 spiro atoms. The van der Waals surface area contributed by atoms with Gasteiger partial charge in [-0.1, -0.05) is 42.5 Å². The molecule has 4 nitrogen and oxygen atoms in total. The molecule has 0 aliphatic carbocycles. The lowest BCUT2D eigenvalue weighted by atomic mass is 9.99. The largest absolute Gasteiger partial charge is 0.399 e. The lowest BCUT2D eigenvalue weighted by Gasteiger charge is -2.18. The van der Waals surface area contributed by atoms with Gasteiger partial charge in [-0.05, 0) is 17.2 Å². The molecule has 0 atom stereocenters. The van der Waals surface area contributed by atoms with E-state index in [-0.39, 0.29) is 0 Å². The number of rotatable bonds is 3. The van der Waals surface area contributed by atoms with Gasteiger partial charge in [0.1, 0.15) is 0 Å². The molecule has 0 fully saturated rings. The van der Waals surface area contributed by atoms with Gasteiger partial charge in [0.2, 0.25) is 0 Å². The SMILES string of the molecule is N#Cc1ccccc1-c1ccc(C(F)(F)P(=O)(O)O)cc1. The molecule has 0 bridgehead atoms. The second-order valence-electron chi connectivity index (χ2n) is 4.32. The fourth-order valence-corrected chi connectivity index (χ4v) is 2.34. The van der Waals surface area contributed by atoms with E-state index in [9.17, 15) is 13.3 Å². The fraction of sp³-hybridized carbons (Fsp3) is 0.0714. The highest BCUT2D eigenvalue weighted by Gasteiger charge is 2.50. The zero-order valence-corrected chi connectivity index (χ0v) is 11.5. The zero-order valence-electron chi connectivity index (χ0n) is 10.6. The second kappa shape index (κ2) is 5.38. The quantitative estimate of drug-likeness (QED) is 0.851. The maximum Gasteiger partial charge on any atom is 0.399 e. The Morgan fingerprint density at radius 1 is 1.05 bits per heavy atom. The van der Waals surface area contributed by atoms with E-state index in [4.69, 9.17) is 15.0 Å². The average Bonchev–Trinajstić information content (AvgIpc) is 2.46. The van der Waals surface area contributed by atoms with Crippen molar-refractivity contribution < 1.29 is 23.1 Å². The summed E-state index contributed by atoms with van der Waals surface area (Å²) in [6.07, 6.45) is 0. The van der Waals surface area contributed by atoms with Crippen molar-refractivity contribution in [1.82, 2.24) is 0 Å². The summed E-state index contributed by atoms with van der Waals surface area (Å²) in [5, 5.41) is 9.00. The molecule has 0 aliphatic rings. The highest BCUT2D eigenvalue weighted by molar-refractivity contribution is 7.52. The molecule has 0 saturated heterocycles. The molecular weight excluding hydrogens is 299 g/mol. The summed E-state index contributed by atoms with van der Waals surface area (Å²) in [7, 11) is -5.58. The molecule has 0 heterocycles. The molecule has 0 aromatic heterocycles. The van der Waals surface area contributed by atoms with Crippen LogP contribution in [0.15, 0.2) is 48.5 Å². The van der Waals surface area contributed by atoms with Crippen molar-refractivity contribution in [3.8, 4) is 17.2 Å². The fourth-order valence-electron chi connectivity index (χ4n) is 1.85. The normalized spacial score (nSPS) is 12.0. The van der Waals surface area contributed by atoms with Crippen LogP contribution in [0.25, 0.3) is 11.1 Å². The van der Waals surface area contributed by atoms with E-state index in [1.165, 1.54) is 12.1 Å². The van der Waals surface area contributed by atoms with Gasteiger partial charge in [0, 0.05) is 5.56 Å². The smallest absolute Gasteiger partial charge is 0.320 e. The molecule has 2 rings (SSSR count). The number of hydrogen-bond acceptors (Lipinski definition) is 2. The number of nitriles is 1. The predicted molar refractivity (Wildman–Crippen MR) is 72.5 cm³/mol. The van der Waals surface area contributed by atoms with Crippen molar-refractivity contribution in [3.05, 3.63) is 59.7 Å². The Hall–Kier alpha value is -2.06. The van der Waals surface area contributed by atoms with Gasteiger partial charge in [-0.15, -0.1) is 0 Å². The third-order valence-electron chi connectivity index (χ3n) is 2.96. The van der Waals surface area contributed by atoms with Crippen molar-refractivity contribution in [2.75, 3.05) is 0 Å². The summed E-state index contributed by atoms with van der Waals surface area (Å²) >= 11 is 0. The van der Waals surface area contributed by atoms with Gasteiger partial charge in [-0.3, -0.25) is 4.57 Å². The van der Waals surface area contributed by atoms with Gasteiger partial charge in [-0.2, -0.15) is 14.0 Å². The molecule has 0 amide bonds. The Bertz CT molecular complexity index is 748. The number of halogens is 2. The summed E-state index contributed by atoms with van der Waals surface area (Å²) < 4.78 is 37.9. The predicted octanol–water partition coefficient (Wildman–Crippen LogP) is 3.45. The van der Waals surface area contributed by atoms with E-state index in [1.807, 2.05) is 6.07 Å². The van der Waals surface area contributed by atoms with Crippen molar-refractivity contribution in [2.45, 2.75) is 5.66 Å². The van der Waals surface area contributed by atoms with Crippen LogP contribution in [0.3, 0.4) is 0 Å². The molecule has 2 aromatic rings. The molecule has 0 saturated carbocycles. The lowest BCUT2D eigenvalue weighted by Crippen LogP contribution is -2.13. The van der Waals surface area contributed by atoms with E-state index in [2.05, 4.69) is 0 Å². The van der Waals surface area contributed by atoms with Gasteiger partial charge in [0.05, 0.1) is 11.6 Å². The minimum Gasteiger partial charge on any atom is -0.320 e. The van der Waals surface area contributed by atoms with Crippen LogP contribution in [0.2, 0.25) is 0 Å². The monoisotopic (exact) mass is 309 g/mol. The van der Waals surface area contributed by atoms with Crippen LogP contribution >= 0.6 is 7.60 Å². The molecule has 0 radical (unpaired) electrons. The average molecular weight is 309 g/mol. The molecule has 7 heteroatoms. The third kappa shape index (κ3) is 2.86. The van der Waals surface area contributed by atoms with E-state index < -0.39 is 18.8 Å². The van der Waals surface area contributed by atoms with Gasteiger partial charge >= 0.3 is 13.3 Å². The van der Waals surface area contributed by atoms with Gasteiger partial charge in [0.15, 0.2) is 0 Å². The molecular formula is C14H10F2NO3P. The van der Waals surface area contributed by atoms with Crippen LogP contribution < -0.4 is 0 Å². The summed E-state index contributed by atoms with van der Waals surface area (Å²) in [5.41, 5.74) is -3.55. The summed E-state index contributed by atoms with van der Waals surface area (Å²) in [4.78, 5) is 17.4. The van der Waals surface area contributed by atoms with E-state index in [0.717, 1.165) is 12.1 Å². The minimum absolute atomic E-state index is 0.381. The first kappa shape index (κ1) is 15.3. The van der Waals surface area contributed by atoms with Crippen molar-refractivity contribution in [2.24, 2.45) is 0 Å².